The number of hydrogen-bond acceptors (Lipinski definition) is 3. The maximum absolute atomic E-state index is 12.2. The number of carbonyl (C=O) groups is 1. The Balaban J connectivity index is 2.44. The standard InChI is InChI=1S/C13H17F3N2O2/c1-9-3-5-10(6-4-9)17-12(20)8-18(2)7-11(19)13(14,15)16/h3-6,11,19H,7-8H2,1-2H3,(H,17,20). The Morgan fingerprint density at radius 1 is 1.35 bits per heavy atom. The van der Waals surface area contributed by atoms with Gasteiger partial charge in [0, 0.05) is 12.2 Å². The van der Waals surface area contributed by atoms with E-state index in [4.69, 9.17) is 5.11 Å². The second kappa shape index (κ2) is 6.71. The number of carbonyl (C=O) groups excluding carboxylic acids is 1. The van der Waals surface area contributed by atoms with Crippen molar-refractivity contribution in [3.8, 4) is 0 Å². The molecule has 0 radical (unpaired) electrons. The lowest BCUT2D eigenvalue weighted by molar-refractivity contribution is -0.207. The van der Waals surface area contributed by atoms with Crippen LogP contribution in [0.4, 0.5) is 18.9 Å². The minimum absolute atomic E-state index is 0.235. The third-order valence-electron chi connectivity index (χ3n) is 2.61. The Morgan fingerprint density at radius 2 is 1.90 bits per heavy atom. The lowest BCUT2D eigenvalue weighted by Crippen LogP contribution is -2.42. The lowest BCUT2D eigenvalue weighted by Gasteiger charge is -2.21. The van der Waals surface area contributed by atoms with Gasteiger partial charge in [-0.25, -0.2) is 0 Å². The highest BCUT2D eigenvalue weighted by Gasteiger charge is 2.38. The van der Waals surface area contributed by atoms with E-state index in [1.807, 2.05) is 19.1 Å². The molecule has 0 aliphatic rings. The van der Waals surface area contributed by atoms with E-state index < -0.39 is 24.7 Å². The quantitative estimate of drug-likeness (QED) is 0.869. The molecule has 0 saturated carbocycles. The zero-order chi connectivity index (χ0) is 15.3. The van der Waals surface area contributed by atoms with Gasteiger partial charge in [-0.1, -0.05) is 17.7 Å². The second-order valence-corrected chi connectivity index (χ2v) is 4.67. The Morgan fingerprint density at radius 3 is 2.40 bits per heavy atom. The lowest BCUT2D eigenvalue weighted by atomic mass is 10.2. The zero-order valence-corrected chi connectivity index (χ0v) is 11.2. The summed E-state index contributed by atoms with van der Waals surface area (Å²) >= 11 is 0. The predicted octanol–water partition coefficient (Wildman–Crippen LogP) is 1.79. The first kappa shape index (κ1) is 16.5. The number of aliphatic hydroxyl groups is 1. The minimum Gasteiger partial charge on any atom is -0.382 e. The van der Waals surface area contributed by atoms with Crippen molar-refractivity contribution in [2.45, 2.75) is 19.2 Å². The molecule has 1 rings (SSSR count). The summed E-state index contributed by atoms with van der Waals surface area (Å²) in [5.41, 5.74) is 1.61. The highest BCUT2D eigenvalue weighted by atomic mass is 19.4. The van der Waals surface area contributed by atoms with Gasteiger partial charge in [-0.15, -0.1) is 0 Å². The summed E-state index contributed by atoms with van der Waals surface area (Å²) in [4.78, 5) is 12.7. The smallest absolute Gasteiger partial charge is 0.382 e. The molecule has 1 atom stereocenters. The van der Waals surface area contributed by atoms with E-state index in [1.54, 1.807) is 12.1 Å². The van der Waals surface area contributed by atoms with Crippen molar-refractivity contribution in [1.82, 2.24) is 4.90 Å². The third-order valence-corrected chi connectivity index (χ3v) is 2.61. The summed E-state index contributed by atoms with van der Waals surface area (Å²) in [5.74, 6) is -0.439. The Bertz CT molecular complexity index is 446. The number of alkyl halides is 3. The third kappa shape index (κ3) is 5.58. The van der Waals surface area contributed by atoms with Crippen LogP contribution in [0.1, 0.15) is 5.56 Å². The SMILES string of the molecule is Cc1ccc(NC(=O)CN(C)CC(O)C(F)(F)F)cc1. The van der Waals surface area contributed by atoms with Crippen molar-refractivity contribution in [3.63, 3.8) is 0 Å². The van der Waals surface area contributed by atoms with Gasteiger partial charge in [0.25, 0.3) is 0 Å². The fraction of sp³-hybridized carbons (Fsp3) is 0.462. The van der Waals surface area contributed by atoms with Gasteiger partial charge in [0.15, 0.2) is 6.10 Å². The van der Waals surface area contributed by atoms with Crippen LogP contribution in [-0.2, 0) is 4.79 Å². The molecule has 1 amide bonds. The largest absolute Gasteiger partial charge is 0.415 e. The van der Waals surface area contributed by atoms with E-state index in [9.17, 15) is 18.0 Å². The number of benzene rings is 1. The van der Waals surface area contributed by atoms with Gasteiger partial charge in [0.2, 0.25) is 5.91 Å². The first-order chi connectivity index (χ1) is 9.18. The molecule has 7 heteroatoms. The van der Waals surface area contributed by atoms with Crippen molar-refractivity contribution < 1.29 is 23.1 Å². The maximum Gasteiger partial charge on any atom is 0.415 e. The van der Waals surface area contributed by atoms with Crippen LogP contribution in [-0.4, -0.2) is 48.3 Å². The van der Waals surface area contributed by atoms with E-state index in [0.717, 1.165) is 10.5 Å². The van der Waals surface area contributed by atoms with Crippen LogP contribution in [0.5, 0.6) is 0 Å². The number of anilines is 1. The highest BCUT2D eigenvalue weighted by Crippen LogP contribution is 2.20. The summed E-state index contributed by atoms with van der Waals surface area (Å²) in [6.45, 7) is 1.02. The molecule has 4 nitrogen and oxygen atoms in total. The molecule has 0 aliphatic carbocycles. The van der Waals surface area contributed by atoms with Gasteiger partial charge >= 0.3 is 6.18 Å². The number of likely N-dealkylation sites (N-methyl/N-ethyl adjacent to an activating group) is 1. The molecule has 0 heterocycles. The summed E-state index contributed by atoms with van der Waals surface area (Å²) in [6, 6.07) is 7.04. The van der Waals surface area contributed by atoms with Gasteiger partial charge in [-0.3, -0.25) is 9.69 Å². The molecule has 0 aromatic heterocycles. The number of aryl methyl sites for hydroxylation is 1. The van der Waals surface area contributed by atoms with E-state index in [0.29, 0.717) is 5.69 Å². The van der Waals surface area contributed by atoms with Crippen molar-refractivity contribution >= 4 is 11.6 Å². The molecule has 0 bridgehead atoms. The van der Waals surface area contributed by atoms with Gasteiger partial charge < -0.3 is 10.4 Å². The van der Waals surface area contributed by atoms with Crippen molar-refractivity contribution in [1.29, 1.82) is 0 Å². The molecular formula is C13H17F3N2O2. The van der Waals surface area contributed by atoms with E-state index >= 15 is 0 Å². The number of hydrogen-bond donors (Lipinski definition) is 2. The fourth-order valence-electron chi connectivity index (χ4n) is 1.55. The van der Waals surface area contributed by atoms with Gasteiger partial charge in [0.1, 0.15) is 0 Å². The summed E-state index contributed by atoms with van der Waals surface area (Å²) in [7, 11) is 1.34. The molecule has 2 N–H and O–H groups in total. The van der Waals surface area contributed by atoms with Crippen molar-refractivity contribution in [3.05, 3.63) is 29.8 Å². The van der Waals surface area contributed by atoms with Gasteiger partial charge in [-0.2, -0.15) is 13.2 Å². The van der Waals surface area contributed by atoms with Crippen LogP contribution in [0.3, 0.4) is 0 Å². The second-order valence-electron chi connectivity index (χ2n) is 4.67. The normalized spacial score (nSPS) is 13.3. The van der Waals surface area contributed by atoms with Crippen molar-refractivity contribution in [2.24, 2.45) is 0 Å². The van der Waals surface area contributed by atoms with E-state index in [1.165, 1.54) is 7.05 Å². The number of halogens is 3. The summed E-state index contributed by atoms with van der Waals surface area (Å²) < 4.78 is 36.5. The number of nitrogens with zero attached hydrogens (tertiary/aromatic N) is 1. The minimum atomic E-state index is -4.68. The first-order valence-corrected chi connectivity index (χ1v) is 5.98. The Hall–Kier alpha value is -1.60. The van der Waals surface area contributed by atoms with E-state index in [-0.39, 0.29) is 6.54 Å². The van der Waals surface area contributed by atoms with Gasteiger partial charge in [-0.05, 0) is 26.1 Å². The fourth-order valence-corrected chi connectivity index (χ4v) is 1.55. The molecule has 20 heavy (non-hydrogen) atoms. The summed E-state index contributed by atoms with van der Waals surface area (Å²) in [6.07, 6.45) is -7.14. The molecule has 112 valence electrons. The first-order valence-electron chi connectivity index (χ1n) is 5.98. The zero-order valence-electron chi connectivity index (χ0n) is 11.2. The molecule has 0 spiro atoms. The van der Waals surface area contributed by atoms with Gasteiger partial charge in [0.05, 0.1) is 6.54 Å². The highest BCUT2D eigenvalue weighted by molar-refractivity contribution is 5.92. The molecular weight excluding hydrogens is 273 g/mol. The molecule has 1 unspecified atom stereocenters. The van der Waals surface area contributed by atoms with E-state index in [2.05, 4.69) is 5.32 Å². The molecule has 0 saturated heterocycles. The predicted molar refractivity (Wildman–Crippen MR) is 69.4 cm³/mol. The summed E-state index contributed by atoms with van der Waals surface area (Å²) in [5, 5.41) is 11.5. The average molecular weight is 290 g/mol. The van der Waals surface area contributed by atoms with Crippen LogP contribution in [0, 0.1) is 6.92 Å². The van der Waals surface area contributed by atoms with Crippen molar-refractivity contribution in [2.75, 3.05) is 25.5 Å². The molecule has 1 aromatic rings. The number of amides is 1. The van der Waals surface area contributed by atoms with Crippen LogP contribution in [0.25, 0.3) is 0 Å². The maximum atomic E-state index is 12.2. The number of rotatable bonds is 5. The Kier molecular flexibility index (Phi) is 5.52. The van der Waals surface area contributed by atoms with Crippen LogP contribution in [0.15, 0.2) is 24.3 Å². The number of nitrogens with one attached hydrogen (secondary N) is 1. The molecule has 0 fully saturated rings. The number of aliphatic hydroxyl groups excluding tert-OH is 1. The van der Waals surface area contributed by atoms with Crippen LogP contribution in [0.2, 0.25) is 0 Å². The molecule has 1 aromatic carbocycles. The van der Waals surface area contributed by atoms with Crippen LogP contribution >= 0.6 is 0 Å². The van der Waals surface area contributed by atoms with Crippen LogP contribution < -0.4 is 5.32 Å². The average Bonchev–Trinajstić information content (AvgIpc) is 2.30. The topological polar surface area (TPSA) is 52.6 Å². The Labute approximate surface area is 115 Å². The molecule has 0 aliphatic heterocycles. The monoisotopic (exact) mass is 290 g/mol.